The molecular formula is C28H28FN5O3. The van der Waals surface area contributed by atoms with Gasteiger partial charge in [-0.15, -0.1) is 0 Å². The molecule has 0 atom stereocenters. The van der Waals surface area contributed by atoms with E-state index < -0.39 is 5.82 Å². The van der Waals surface area contributed by atoms with Crippen molar-refractivity contribution in [1.82, 2.24) is 19.8 Å². The zero-order valence-corrected chi connectivity index (χ0v) is 20.5. The average Bonchev–Trinajstić information content (AvgIpc) is 3.24. The van der Waals surface area contributed by atoms with E-state index in [0.717, 1.165) is 36.6 Å². The fraction of sp³-hybridized carbons (Fsp3) is 0.357. The van der Waals surface area contributed by atoms with Crippen LogP contribution in [0.2, 0.25) is 0 Å². The second-order valence-electron chi connectivity index (χ2n) is 9.79. The number of fused-ring (bicyclic) bond motifs is 2. The molecule has 0 unspecified atom stereocenters. The van der Waals surface area contributed by atoms with Crippen LogP contribution in [-0.2, 0) is 29.0 Å². The fourth-order valence-electron chi connectivity index (χ4n) is 5.27. The maximum atomic E-state index is 14.7. The molecule has 190 valence electrons. The van der Waals surface area contributed by atoms with Gasteiger partial charge in [0.1, 0.15) is 12.2 Å². The van der Waals surface area contributed by atoms with Crippen LogP contribution in [0, 0.1) is 5.82 Å². The van der Waals surface area contributed by atoms with E-state index in [4.69, 9.17) is 4.74 Å². The lowest BCUT2D eigenvalue weighted by Gasteiger charge is -2.30. The van der Waals surface area contributed by atoms with Gasteiger partial charge in [0, 0.05) is 50.0 Å². The maximum Gasteiger partial charge on any atom is 0.254 e. The Morgan fingerprint density at radius 2 is 1.89 bits per heavy atom. The van der Waals surface area contributed by atoms with Crippen molar-refractivity contribution in [2.45, 2.75) is 38.4 Å². The van der Waals surface area contributed by atoms with Crippen LogP contribution in [-0.4, -0.2) is 63.9 Å². The minimum atomic E-state index is -0.555. The van der Waals surface area contributed by atoms with Crippen LogP contribution in [0.25, 0.3) is 11.3 Å². The van der Waals surface area contributed by atoms with Crippen molar-refractivity contribution >= 4 is 17.8 Å². The summed E-state index contributed by atoms with van der Waals surface area (Å²) in [5, 5.41) is 3.26. The molecule has 1 saturated heterocycles. The van der Waals surface area contributed by atoms with Crippen LogP contribution in [0.5, 0.6) is 0 Å². The van der Waals surface area contributed by atoms with Gasteiger partial charge in [0.15, 0.2) is 5.82 Å². The standard InChI is InChI=1S/C28H28FN5O3/c29-24-14-30-28(31-22-8-11-37-12-9-22)32-26(24)19-5-6-21-16-34(27(36)23(21)13-19)17-25(35)33-10-7-18-3-1-2-4-20(18)15-33/h1-6,13-14,22H,7-12,15-17H2,(H,30,31,32). The zero-order chi connectivity index (χ0) is 25.4. The van der Waals surface area contributed by atoms with Gasteiger partial charge in [-0.2, -0.15) is 0 Å². The van der Waals surface area contributed by atoms with Gasteiger partial charge in [-0.3, -0.25) is 9.59 Å². The van der Waals surface area contributed by atoms with Gasteiger partial charge < -0.3 is 19.9 Å². The molecule has 1 N–H and O–H groups in total. The minimum absolute atomic E-state index is 0.0199. The van der Waals surface area contributed by atoms with Crippen LogP contribution < -0.4 is 5.32 Å². The van der Waals surface area contributed by atoms with E-state index in [9.17, 15) is 14.0 Å². The molecule has 1 aromatic heterocycles. The summed E-state index contributed by atoms with van der Waals surface area (Å²) < 4.78 is 20.1. The van der Waals surface area contributed by atoms with Gasteiger partial charge in [-0.05, 0) is 42.0 Å². The summed E-state index contributed by atoms with van der Waals surface area (Å²) in [5.74, 6) is -0.495. The summed E-state index contributed by atoms with van der Waals surface area (Å²) in [4.78, 5) is 38.1. The second kappa shape index (κ2) is 9.89. The summed E-state index contributed by atoms with van der Waals surface area (Å²) in [6.07, 6.45) is 3.64. The topological polar surface area (TPSA) is 87.7 Å². The number of rotatable bonds is 5. The summed E-state index contributed by atoms with van der Waals surface area (Å²) >= 11 is 0. The van der Waals surface area contributed by atoms with Crippen LogP contribution in [0.1, 0.15) is 39.9 Å². The van der Waals surface area contributed by atoms with Gasteiger partial charge >= 0.3 is 0 Å². The largest absolute Gasteiger partial charge is 0.381 e. The van der Waals surface area contributed by atoms with E-state index in [2.05, 4.69) is 21.4 Å². The molecule has 0 bridgehead atoms. The Morgan fingerprint density at radius 3 is 2.73 bits per heavy atom. The first-order valence-electron chi connectivity index (χ1n) is 12.7. The van der Waals surface area contributed by atoms with Crippen molar-refractivity contribution in [2.75, 3.05) is 31.6 Å². The van der Waals surface area contributed by atoms with Crippen molar-refractivity contribution < 1.29 is 18.7 Å². The Bertz CT molecular complexity index is 1360. The van der Waals surface area contributed by atoms with E-state index >= 15 is 0 Å². The van der Waals surface area contributed by atoms with Crippen LogP contribution in [0.15, 0.2) is 48.7 Å². The lowest BCUT2D eigenvalue weighted by atomic mass is 10.00. The number of benzene rings is 2. The number of nitrogens with zero attached hydrogens (tertiary/aromatic N) is 4. The summed E-state index contributed by atoms with van der Waals surface area (Å²) in [5.41, 5.74) is 4.36. The summed E-state index contributed by atoms with van der Waals surface area (Å²) in [7, 11) is 0. The lowest BCUT2D eigenvalue weighted by molar-refractivity contribution is -0.132. The molecule has 0 radical (unpaired) electrons. The molecule has 1 fully saturated rings. The monoisotopic (exact) mass is 501 g/mol. The number of hydrogen-bond acceptors (Lipinski definition) is 6. The van der Waals surface area contributed by atoms with Crippen LogP contribution in [0.3, 0.4) is 0 Å². The average molecular weight is 502 g/mol. The number of halogens is 1. The number of carbonyl (C=O) groups is 2. The van der Waals surface area contributed by atoms with E-state index in [0.29, 0.717) is 49.9 Å². The highest BCUT2D eigenvalue weighted by molar-refractivity contribution is 6.01. The minimum Gasteiger partial charge on any atom is -0.381 e. The number of nitrogens with one attached hydrogen (secondary N) is 1. The third-order valence-corrected chi connectivity index (χ3v) is 7.37. The van der Waals surface area contributed by atoms with Crippen molar-refractivity contribution in [3.05, 3.63) is 76.7 Å². The van der Waals surface area contributed by atoms with E-state index in [-0.39, 0.29) is 30.1 Å². The second-order valence-corrected chi connectivity index (χ2v) is 9.79. The summed E-state index contributed by atoms with van der Waals surface area (Å²) in [6, 6.07) is 13.6. The molecule has 3 aliphatic rings. The van der Waals surface area contributed by atoms with Crippen molar-refractivity contribution in [3.8, 4) is 11.3 Å². The maximum absolute atomic E-state index is 14.7. The Kier molecular flexibility index (Phi) is 6.30. The highest BCUT2D eigenvalue weighted by Gasteiger charge is 2.31. The number of amides is 2. The first kappa shape index (κ1) is 23.5. The number of aromatic nitrogens is 2. The summed E-state index contributed by atoms with van der Waals surface area (Å²) in [6.45, 7) is 2.92. The molecule has 0 saturated carbocycles. The SMILES string of the molecule is O=C(CN1Cc2ccc(-c3nc(NC4CCOCC4)ncc3F)cc2C1=O)N1CCc2ccccc2C1. The molecule has 8 nitrogen and oxygen atoms in total. The van der Waals surface area contributed by atoms with Crippen LogP contribution in [0.4, 0.5) is 10.3 Å². The van der Waals surface area contributed by atoms with Crippen LogP contribution >= 0.6 is 0 Å². The highest BCUT2D eigenvalue weighted by atomic mass is 19.1. The molecule has 3 aromatic rings. The quantitative estimate of drug-likeness (QED) is 0.577. The molecule has 37 heavy (non-hydrogen) atoms. The van der Waals surface area contributed by atoms with Crippen molar-refractivity contribution in [1.29, 1.82) is 0 Å². The predicted octanol–water partition coefficient (Wildman–Crippen LogP) is 3.41. The molecule has 0 spiro atoms. The molecule has 6 rings (SSSR count). The van der Waals surface area contributed by atoms with Gasteiger partial charge in [0.2, 0.25) is 11.9 Å². The van der Waals surface area contributed by atoms with Gasteiger partial charge in [-0.1, -0.05) is 36.4 Å². The Balaban J connectivity index is 1.16. The number of ether oxygens (including phenoxy) is 1. The third-order valence-electron chi connectivity index (χ3n) is 7.37. The molecule has 4 heterocycles. The number of hydrogen-bond donors (Lipinski definition) is 1. The number of carbonyl (C=O) groups excluding carboxylic acids is 2. The van der Waals surface area contributed by atoms with Crippen molar-refractivity contribution in [2.24, 2.45) is 0 Å². The molecule has 9 heteroatoms. The molecule has 2 aromatic carbocycles. The molecule has 3 aliphatic heterocycles. The molecule has 0 aliphatic carbocycles. The Labute approximate surface area is 214 Å². The van der Waals surface area contributed by atoms with Gasteiger partial charge in [0.25, 0.3) is 5.91 Å². The lowest BCUT2D eigenvalue weighted by Crippen LogP contribution is -2.42. The predicted molar refractivity (Wildman–Crippen MR) is 135 cm³/mol. The highest BCUT2D eigenvalue weighted by Crippen LogP contribution is 2.30. The molecule has 2 amide bonds. The normalized spacial score (nSPS) is 17.5. The molecular weight excluding hydrogens is 473 g/mol. The van der Waals surface area contributed by atoms with E-state index in [1.54, 1.807) is 17.0 Å². The van der Waals surface area contributed by atoms with Gasteiger partial charge in [0.05, 0.1) is 6.20 Å². The van der Waals surface area contributed by atoms with Crippen molar-refractivity contribution in [3.63, 3.8) is 0 Å². The number of anilines is 1. The first-order chi connectivity index (χ1) is 18.0. The van der Waals surface area contributed by atoms with Gasteiger partial charge in [-0.25, -0.2) is 14.4 Å². The van der Waals surface area contributed by atoms with E-state index in [1.165, 1.54) is 5.56 Å². The van der Waals surface area contributed by atoms with E-state index in [1.807, 2.05) is 29.2 Å². The Hall–Kier alpha value is -3.85. The smallest absolute Gasteiger partial charge is 0.254 e. The third kappa shape index (κ3) is 4.79. The Morgan fingerprint density at radius 1 is 1.08 bits per heavy atom. The zero-order valence-electron chi connectivity index (χ0n) is 20.5. The fourth-order valence-corrected chi connectivity index (χ4v) is 5.27. The first-order valence-corrected chi connectivity index (χ1v) is 12.7.